The van der Waals surface area contributed by atoms with E-state index in [1.807, 2.05) is 0 Å². The Morgan fingerprint density at radius 2 is 2.00 bits per heavy atom. The molecule has 0 aliphatic heterocycles. The summed E-state index contributed by atoms with van der Waals surface area (Å²) >= 11 is 3.32. The van der Waals surface area contributed by atoms with E-state index >= 15 is 0 Å². The summed E-state index contributed by atoms with van der Waals surface area (Å²) in [5.74, 6) is -0.230. The van der Waals surface area contributed by atoms with Crippen LogP contribution in [0.25, 0.3) is 0 Å². The second kappa shape index (κ2) is 15.2. The molecule has 0 aromatic heterocycles. The monoisotopic (exact) mass is 308 g/mol. The Labute approximate surface area is 111 Å². The summed E-state index contributed by atoms with van der Waals surface area (Å²) in [7, 11) is 0. The summed E-state index contributed by atoms with van der Waals surface area (Å²) in [4.78, 5) is 21.1. The average Bonchev–Trinajstić information content (AvgIpc) is 2.34. The van der Waals surface area contributed by atoms with Gasteiger partial charge in [0.1, 0.15) is 12.7 Å². The lowest BCUT2D eigenvalue weighted by Crippen LogP contribution is -2.19. The Kier molecular flexibility index (Phi) is 16.5. The van der Waals surface area contributed by atoms with E-state index in [-0.39, 0.29) is 18.7 Å². The van der Waals surface area contributed by atoms with Crippen molar-refractivity contribution in [2.75, 3.05) is 11.9 Å². The summed E-state index contributed by atoms with van der Waals surface area (Å²) in [6.07, 6.45) is 2.99. The SMILES string of the molecule is C=C.CC(COC=O)OC(=O)CCCCCBr. The van der Waals surface area contributed by atoms with E-state index in [0.717, 1.165) is 24.6 Å². The molecule has 0 bridgehead atoms. The third-order valence-corrected chi connectivity index (χ3v) is 2.31. The zero-order valence-electron chi connectivity index (χ0n) is 10.3. The quantitative estimate of drug-likeness (QED) is 0.216. The van der Waals surface area contributed by atoms with Gasteiger partial charge in [-0.2, -0.15) is 0 Å². The average molecular weight is 309 g/mol. The van der Waals surface area contributed by atoms with Crippen LogP contribution in [-0.4, -0.2) is 30.5 Å². The standard InChI is InChI=1S/C10H17BrO4.C2H4/c1-9(7-14-8-12)15-10(13)5-3-2-4-6-11;1-2/h8-9H,2-7H2,1H3;1-2H2. The molecule has 0 rings (SSSR count). The van der Waals surface area contributed by atoms with Gasteiger partial charge in [-0.25, -0.2) is 0 Å². The molecule has 0 aromatic rings. The summed E-state index contributed by atoms with van der Waals surface area (Å²) in [6.45, 7) is 8.16. The van der Waals surface area contributed by atoms with Crippen molar-refractivity contribution in [2.45, 2.75) is 38.7 Å². The van der Waals surface area contributed by atoms with Gasteiger partial charge >= 0.3 is 5.97 Å². The van der Waals surface area contributed by atoms with Gasteiger partial charge in [-0.05, 0) is 19.8 Å². The molecule has 17 heavy (non-hydrogen) atoms. The number of alkyl halides is 1. The van der Waals surface area contributed by atoms with E-state index in [9.17, 15) is 9.59 Å². The number of carbonyl (C=O) groups is 2. The van der Waals surface area contributed by atoms with Crippen molar-refractivity contribution in [1.82, 2.24) is 0 Å². The molecule has 0 saturated heterocycles. The van der Waals surface area contributed by atoms with E-state index in [1.165, 1.54) is 0 Å². The molecule has 100 valence electrons. The Bertz CT molecular complexity index is 197. The van der Waals surface area contributed by atoms with Crippen LogP contribution in [0.2, 0.25) is 0 Å². The molecular formula is C12H21BrO4. The third kappa shape index (κ3) is 15.2. The number of hydrogen-bond acceptors (Lipinski definition) is 4. The minimum atomic E-state index is -0.362. The van der Waals surface area contributed by atoms with Crippen molar-refractivity contribution in [3.05, 3.63) is 13.2 Å². The van der Waals surface area contributed by atoms with E-state index in [0.29, 0.717) is 12.9 Å². The highest BCUT2D eigenvalue weighted by Gasteiger charge is 2.09. The van der Waals surface area contributed by atoms with Gasteiger partial charge in [-0.1, -0.05) is 22.4 Å². The molecular weight excluding hydrogens is 288 g/mol. The number of ether oxygens (including phenoxy) is 2. The van der Waals surface area contributed by atoms with Gasteiger partial charge in [0.05, 0.1) is 0 Å². The number of halogens is 1. The molecule has 0 heterocycles. The fourth-order valence-corrected chi connectivity index (χ4v) is 1.43. The number of hydrogen-bond donors (Lipinski definition) is 0. The van der Waals surface area contributed by atoms with Gasteiger partial charge in [-0.3, -0.25) is 9.59 Å². The molecule has 0 aromatic carbocycles. The number of esters is 1. The smallest absolute Gasteiger partial charge is 0.306 e. The van der Waals surface area contributed by atoms with Gasteiger partial charge in [-0.15, -0.1) is 13.2 Å². The normalized spacial score (nSPS) is 10.7. The van der Waals surface area contributed by atoms with Gasteiger partial charge in [0, 0.05) is 11.8 Å². The second-order valence-electron chi connectivity index (χ2n) is 3.23. The molecule has 0 spiro atoms. The Hall–Kier alpha value is -0.840. The van der Waals surface area contributed by atoms with Crippen LogP contribution < -0.4 is 0 Å². The highest BCUT2D eigenvalue weighted by atomic mass is 79.9. The minimum Gasteiger partial charge on any atom is -0.464 e. The summed E-state index contributed by atoms with van der Waals surface area (Å²) in [6, 6.07) is 0. The van der Waals surface area contributed by atoms with E-state index < -0.39 is 0 Å². The van der Waals surface area contributed by atoms with Gasteiger partial charge in [0.25, 0.3) is 6.47 Å². The maximum absolute atomic E-state index is 11.2. The molecule has 0 fully saturated rings. The van der Waals surface area contributed by atoms with E-state index in [4.69, 9.17) is 4.74 Å². The number of unbranched alkanes of at least 4 members (excludes halogenated alkanes) is 2. The van der Waals surface area contributed by atoms with Crippen LogP contribution in [0.15, 0.2) is 13.2 Å². The molecule has 0 radical (unpaired) electrons. The van der Waals surface area contributed by atoms with Crippen LogP contribution in [0.5, 0.6) is 0 Å². The summed E-state index contributed by atoms with van der Waals surface area (Å²) in [5, 5.41) is 0.964. The molecule has 0 amide bonds. The van der Waals surface area contributed by atoms with Crippen LogP contribution in [-0.2, 0) is 19.1 Å². The second-order valence-corrected chi connectivity index (χ2v) is 4.02. The molecule has 5 heteroatoms. The molecule has 0 N–H and O–H groups in total. The lowest BCUT2D eigenvalue weighted by atomic mass is 10.2. The Morgan fingerprint density at radius 1 is 1.35 bits per heavy atom. The largest absolute Gasteiger partial charge is 0.464 e. The molecule has 0 aliphatic carbocycles. The zero-order valence-corrected chi connectivity index (χ0v) is 11.9. The highest BCUT2D eigenvalue weighted by Crippen LogP contribution is 2.04. The van der Waals surface area contributed by atoms with Crippen LogP contribution in [0.3, 0.4) is 0 Å². The first-order valence-electron chi connectivity index (χ1n) is 5.51. The first-order chi connectivity index (χ1) is 8.20. The first-order valence-corrected chi connectivity index (χ1v) is 6.63. The Morgan fingerprint density at radius 3 is 2.53 bits per heavy atom. The fraction of sp³-hybridized carbons (Fsp3) is 0.667. The molecule has 0 saturated carbocycles. The zero-order chi connectivity index (χ0) is 13.5. The Balaban J connectivity index is 0. The fourth-order valence-electron chi connectivity index (χ4n) is 1.03. The van der Waals surface area contributed by atoms with Crippen LogP contribution in [0, 0.1) is 0 Å². The van der Waals surface area contributed by atoms with Gasteiger partial charge in [0.2, 0.25) is 0 Å². The maximum atomic E-state index is 11.2. The predicted molar refractivity (Wildman–Crippen MR) is 71.1 cm³/mol. The van der Waals surface area contributed by atoms with Crippen molar-refractivity contribution < 1.29 is 19.1 Å². The van der Waals surface area contributed by atoms with Crippen molar-refractivity contribution in [3.8, 4) is 0 Å². The number of rotatable bonds is 9. The lowest BCUT2D eigenvalue weighted by molar-refractivity contribution is -0.153. The van der Waals surface area contributed by atoms with Crippen molar-refractivity contribution >= 4 is 28.4 Å². The maximum Gasteiger partial charge on any atom is 0.306 e. The molecule has 4 nitrogen and oxygen atoms in total. The first kappa shape index (κ1) is 18.5. The molecule has 1 atom stereocenters. The lowest BCUT2D eigenvalue weighted by Gasteiger charge is -2.11. The van der Waals surface area contributed by atoms with E-state index in [2.05, 4.69) is 33.8 Å². The summed E-state index contributed by atoms with van der Waals surface area (Å²) in [5.41, 5.74) is 0. The van der Waals surface area contributed by atoms with E-state index in [1.54, 1.807) is 6.92 Å². The molecule has 1 unspecified atom stereocenters. The third-order valence-electron chi connectivity index (χ3n) is 1.75. The van der Waals surface area contributed by atoms with Crippen molar-refractivity contribution in [2.24, 2.45) is 0 Å². The number of carbonyl (C=O) groups excluding carboxylic acids is 2. The van der Waals surface area contributed by atoms with Crippen LogP contribution in [0.4, 0.5) is 0 Å². The highest BCUT2D eigenvalue weighted by molar-refractivity contribution is 9.09. The summed E-state index contributed by atoms with van der Waals surface area (Å²) < 4.78 is 9.47. The topological polar surface area (TPSA) is 52.6 Å². The van der Waals surface area contributed by atoms with Crippen molar-refractivity contribution in [1.29, 1.82) is 0 Å². The van der Waals surface area contributed by atoms with Gasteiger partial charge in [0.15, 0.2) is 0 Å². The van der Waals surface area contributed by atoms with Gasteiger partial charge < -0.3 is 9.47 Å². The predicted octanol–water partition coefficient (Wildman–Crippen LogP) is 2.85. The molecule has 0 aliphatic rings. The van der Waals surface area contributed by atoms with Crippen LogP contribution >= 0.6 is 15.9 Å². The minimum absolute atomic E-state index is 0.122. The van der Waals surface area contributed by atoms with Crippen LogP contribution in [0.1, 0.15) is 32.6 Å². The van der Waals surface area contributed by atoms with Crippen molar-refractivity contribution in [3.63, 3.8) is 0 Å².